The third-order valence-corrected chi connectivity index (χ3v) is 6.55. The fourth-order valence-corrected chi connectivity index (χ4v) is 4.69. The lowest BCUT2D eigenvalue weighted by atomic mass is 9.84. The van der Waals surface area contributed by atoms with E-state index in [-0.39, 0.29) is 18.8 Å². The molecule has 12 atom stereocenters. The monoisotopic (exact) mass is 449 g/mol. The number of hydrogen-bond donors (Lipinski definition) is 8. The quantitative estimate of drug-likeness (QED) is 0.195. The number of nitrogens with two attached hydrogens (primary N) is 4. The van der Waals surface area contributed by atoms with Crippen LogP contribution in [0.3, 0.4) is 0 Å². The van der Waals surface area contributed by atoms with Crippen LogP contribution < -0.4 is 28.3 Å². The number of rotatable bonds is 6. The summed E-state index contributed by atoms with van der Waals surface area (Å²) >= 11 is 0. The van der Waals surface area contributed by atoms with Crippen molar-refractivity contribution in [1.29, 1.82) is 0 Å². The largest absolute Gasteiger partial charge is 0.388 e. The number of aliphatic hydroxyl groups excluding tert-OH is 2. The van der Waals surface area contributed by atoms with Crippen LogP contribution in [0.25, 0.3) is 0 Å². The molecule has 0 bridgehead atoms. The number of nitrogens with one attached hydrogen (secondary N) is 1. The minimum atomic E-state index is -1.29. The van der Waals surface area contributed by atoms with E-state index < -0.39 is 60.7 Å². The Hall–Kier alpha value is -0.480. The Morgan fingerprint density at radius 1 is 1.00 bits per heavy atom. The summed E-state index contributed by atoms with van der Waals surface area (Å²) in [5.74, 6) is 0. The number of likely N-dealkylation sites (N-methyl/N-ethyl adjacent to an activating group) is 1. The molecule has 3 fully saturated rings. The Labute approximate surface area is 182 Å². The van der Waals surface area contributed by atoms with Crippen molar-refractivity contribution in [3.8, 4) is 0 Å². The van der Waals surface area contributed by atoms with E-state index in [2.05, 4.69) is 5.32 Å². The van der Waals surface area contributed by atoms with Crippen LogP contribution in [0.2, 0.25) is 0 Å². The second kappa shape index (κ2) is 10.2. The van der Waals surface area contributed by atoms with Gasteiger partial charge in [-0.25, -0.2) is 0 Å². The first-order chi connectivity index (χ1) is 14.6. The summed E-state index contributed by atoms with van der Waals surface area (Å²) in [4.78, 5) is 0. The molecule has 0 unspecified atom stereocenters. The van der Waals surface area contributed by atoms with E-state index in [1.54, 1.807) is 14.0 Å². The second-order valence-corrected chi connectivity index (χ2v) is 9.15. The van der Waals surface area contributed by atoms with Gasteiger partial charge in [0.05, 0.1) is 24.8 Å². The summed E-state index contributed by atoms with van der Waals surface area (Å²) in [6.45, 7) is 1.83. The third kappa shape index (κ3) is 5.37. The van der Waals surface area contributed by atoms with Gasteiger partial charge in [-0.1, -0.05) is 0 Å². The van der Waals surface area contributed by atoms with Gasteiger partial charge in [-0.2, -0.15) is 0 Å². The van der Waals surface area contributed by atoms with Gasteiger partial charge in [0.25, 0.3) is 0 Å². The van der Waals surface area contributed by atoms with Gasteiger partial charge in [0.15, 0.2) is 12.6 Å². The number of hydrogen-bond acceptors (Lipinski definition) is 12. The lowest BCUT2D eigenvalue weighted by Gasteiger charge is -2.48. The van der Waals surface area contributed by atoms with Gasteiger partial charge >= 0.3 is 0 Å². The second-order valence-electron chi connectivity index (χ2n) is 9.15. The van der Waals surface area contributed by atoms with Gasteiger partial charge in [-0.15, -0.1) is 0 Å². The maximum Gasteiger partial charge on any atom is 0.185 e. The van der Waals surface area contributed by atoms with Gasteiger partial charge in [0, 0.05) is 18.6 Å². The van der Waals surface area contributed by atoms with E-state index in [9.17, 15) is 15.3 Å². The maximum atomic E-state index is 11.0. The zero-order chi connectivity index (χ0) is 22.9. The molecule has 1 saturated carbocycles. The van der Waals surface area contributed by atoms with Crippen LogP contribution in [0.1, 0.15) is 26.2 Å². The van der Waals surface area contributed by atoms with E-state index in [4.69, 9.17) is 41.9 Å². The summed E-state index contributed by atoms with van der Waals surface area (Å²) in [5.41, 5.74) is 23.0. The average molecular weight is 450 g/mol. The normalized spacial score (nSPS) is 51.6. The van der Waals surface area contributed by atoms with E-state index in [0.717, 1.165) is 6.42 Å². The van der Waals surface area contributed by atoms with Crippen LogP contribution >= 0.6 is 0 Å². The van der Waals surface area contributed by atoms with Crippen LogP contribution in [0.5, 0.6) is 0 Å². The molecule has 2 aliphatic heterocycles. The summed E-state index contributed by atoms with van der Waals surface area (Å²) < 4.78 is 23.3. The molecule has 2 heterocycles. The van der Waals surface area contributed by atoms with Gasteiger partial charge in [0.2, 0.25) is 0 Å². The van der Waals surface area contributed by atoms with Crippen molar-refractivity contribution in [3.63, 3.8) is 0 Å². The molecule has 0 amide bonds. The predicted octanol–water partition coefficient (Wildman–Crippen LogP) is -3.98. The predicted molar refractivity (Wildman–Crippen MR) is 110 cm³/mol. The van der Waals surface area contributed by atoms with Crippen LogP contribution in [0, 0.1) is 0 Å². The first kappa shape index (κ1) is 25.1. The van der Waals surface area contributed by atoms with Crippen LogP contribution in [0.15, 0.2) is 0 Å². The summed E-state index contributed by atoms with van der Waals surface area (Å²) in [6, 6.07) is -2.26. The highest BCUT2D eigenvalue weighted by atomic mass is 16.7. The molecule has 31 heavy (non-hydrogen) atoms. The first-order valence-electron chi connectivity index (χ1n) is 10.9. The van der Waals surface area contributed by atoms with Gasteiger partial charge in [-0.3, -0.25) is 0 Å². The molecule has 12 nitrogen and oxygen atoms in total. The van der Waals surface area contributed by atoms with Crippen molar-refractivity contribution in [2.75, 3.05) is 20.2 Å². The lowest BCUT2D eigenvalue weighted by molar-refractivity contribution is -0.306. The number of ether oxygens (including phenoxy) is 4. The zero-order valence-corrected chi connectivity index (χ0v) is 18.2. The van der Waals surface area contributed by atoms with Crippen molar-refractivity contribution in [2.45, 2.75) is 99.1 Å². The zero-order valence-electron chi connectivity index (χ0n) is 18.2. The van der Waals surface area contributed by atoms with E-state index in [0.29, 0.717) is 19.4 Å². The molecule has 0 spiro atoms. The standard InChI is InChI=1S/C19H39N5O7/c1-19(27)7-28-18(13(26)16(19)24-2)31-15-11(23)5-10(22)14(12(15)25)30-17-9(21)4-3-8(6-20)29-17/h8-18,24-27H,3-7,20-23H2,1-2H3/t8-,9+,10-,11+,12-,13+,14+,15-,16+,17-,18+,19-/m0/s1. The van der Waals surface area contributed by atoms with Crippen LogP contribution in [0.4, 0.5) is 0 Å². The minimum absolute atomic E-state index is 0.0665. The molecule has 12 heteroatoms. The van der Waals surface area contributed by atoms with Crippen molar-refractivity contribution in [3.05, 3.63) is 0 Å². The van der Waals surface area contributed by atoms with Gasteiger partial charge in [0.1, 0.15) is 30.0 Å². The summed E-state index contributed by atoms with van der Waals surface area (Å²) in [7, 11) is 1.62. The Kier molecular flexibility index (Phi) is 8.27. The molecule has 3 aliphatic rings. The molecule has 0 radical (unpaired) electrons. The van der Waals surface area contributed by atoms with E-state index in [1.165, 1.54) is 0 Å². The van der Waals surface area contributed by atoms with Crippen LogP contribution in [-0.2, 0) is 18.9 Å². The Bertz CT molecular complexity index is 588. The minimum Gasteiger partial charge on any atom is -0.388 e. The van der Waals surface area contributed by atoms with Crippen LogP contribution in [-0.4, -0.2) is 108 Å². The lowest BCUT2D eigenvalue weighted by Crippen LogP contribution is -2.68. The van der Waals surface area contributed by atoms with Gasteiger partial charge < -0.3 is 62.5 Å². The maximum absolute atomic E-state index is 11.0. The third-order valence-electron chi connectivity index (χ3n) is 6.55. The molecule has 2 saturated heterocycles. The van der Waals surface area contributed by atoms with E-state index >= 15 is 0 Å². The molecular weight excluding hydrogens is 410 g/mol. The Morgan fingerprint density at radius 3 is 2.19 bits per heavy atom. The summed E-state index contributed by atoms with van der Waals surface area (Å²) in [5, 5.41) is 34.9. The fourth-order valence-electron chi connectivity index (χ4n) is 4.69. The summed E-state index contributed by atoms with van der Waals surface area (Å²) in [6.07, 6.45) is -4.48. The Balaban J connectivity index is 1.68. The molecule has 3 rings (SSSR count). The molecule has 12 N–H and O–H groups in total. The van der Waals surface area contributed by atoms with Crippen molar-refractivity contribution in [1.82, 2.24) is 5.32 Å². The fraction of sp³-hybridized carbons (Fsp3) is 1.00. The van der Waals surface area contributed by atoms with Crippen molar-refractivity contribution < 1.29 is 34.3 Å². The molecule has 0 aromatic heterocycles. The van der Waals surface area contributed by atoms with Gasteiger partial charge in [-0.05, 0) is 33.2 Å². The molecule has 0 aromatic carbocycles. The topological polar surface area (TPSA) is 214 Å². The van der Waals surface area contributed by atoms with Crippen molar-refractivity contribution >= 4 is 0 Å². The molecule has 182 valence electrons. The molecule has 0 aromatic rings. The highest BCUT2D eigenvalue weighted by molar-refractivity contribution is 5.01. The Morgan fingerprint density at radius 2 is 1.61 bits per heavy atom. The van der Waals surface area contributed by atoms with Crippen molar-refractivity contribution in [2.24, 2.45) is 22.9 Å². The average Bonchev–Trinajstić information content (AvgIpc) is 2.71. The molecule has 1 aliphatic carbocycles. The smallest absolute Gasteiger partial charge is 0.185 e. The highest BCUT2D eigenvalue weighted by Crippen LogP contribution is 2.31. The molecular formula is C19H39N5O7. The number of aliphatic hydroxyl groups is 3. The SMILES string of the molecule is CN[C@@H]1[C@@H](O)[C@@H](O[C@@H]2[C@@H](O)[C@H](O[C@@H]3O[C@H](CN)CC[C@H]3N)[C@@H](N)C[C@H]2N)OC[C@]1(C)O. The first-order valence-corrected chi connectivity index (χ1v) is 10.9. The highest BCUT2D eigenvalue weighted by Gasteiger charge is 2.50. The van der Waals surface area contributed by atoms with E-state index in [1.807, 2.05) is 0 Å².